The molecule has 3 heterocycles. The number of hydrogen-bond donors (Lipinski definition) is 0. The van der Waals surface area contributed by atoms with Crippen LogP contribution in [0.4, 0.5) is 0 Å². The number of amides is 1. The first-order valence-corrected chi connectivity index (χ1v) is 7.32. The summed E-state index contributed by atoms with van der Waals surface area (Å²) in [5.41, 5.74) is 1.43. The van der Waals surface area contributed by atoms with Crippen molar-refractivity contribution in [2.75, 3.05) is 13.3 Å². The van der Waals surface area contributed by atoms with Crippen LogP contribution in [0.3, 0.4) is 0 Å². The summed E-state index contributed by atoms with van der Waals surface area (Å²) < 4.78 is 10.6. The number of amidine groups is 1. The number of rotatable bonds is 1. The van der Waals surface area contributed by atoms with E-state index in [1.807, 2.05) is 29.2 Å². The fourth-order valence-corrected chi connectivity index (χ4v) is 2.91. The fourth-order valence-electron chi connectivity index (χ4n) is 2.91. The van der Waals surface area contributed by atoms with Gasteiger partial charge < -0.3 is 9.47 Å². The van der Waals surface area contributed by atoms with E-state index in [-0.39, 0.29) is 12.7 Å². The van der Waals surface area contributed by atoms with E-state index in [1.165, 1.54) is 6.42 Å². The lowest BCUT2D eigenvalue weighted by molar-refractivity contribution is -0.122. The molecule has 0 spiro atoms. The van der Waals surface area contributed by atoms with E-state index in [1.54, 1.807) is 0 Å². The molecule has 3 aliphatic rings. The monoisotopic (exact) mass is 284 g/mol. The summed E-state index contributed by atoms with van der Waals surface area (Å²) in [5.74, 6) is 2.40. The molecule has 1 fully saturated rings. The fraction of sp³-hybridized carbons (Fsp3) is 0.375. The van der Waals surface area contributed by atoms with Gasteiger partial charge in [0.1, 0.15) is 11.5 Å². The molecule has 21 heavy (non-hydrogen) atoms. The Labute approximate surface area is 122 Å². The van der Waals surface area contributed by atoms with Crippen LogP contribution in [0.25, 0.3) is 6.08 Å². The second-order valence-electron chi connectivity index (χ2n) is 5.44. The number of aliphatic imine (C=N–C) groups is 1. The molecule has 3 aliphatic heterocycles. The van der Waals surface area contributed by atoms with E-state index in [2.05, 4.69) is 4.99 Å². The molecule has 1 amide bonds. The van der Waals surface area contributed by atoms with Crippen molar-refractivity contribution in [3.63, 3.8) is 0 Å². The SMILES string of the molecule is O=C1C(=Cc2ccc3c(c2)OCO3)N=C2CCCCCN12. The third-order valence-electron chi connectivity index (χ3n) is 4.01. The Kier molecular flexibility index (Phi) is 2.91. The molecule has 0 atom stereocenters. The van der Waals surface area contributed by atoms with Gasteiger partial charge in [-0.25, -0.2) is 4.99 Å². The van der Waals surface area contributed by atoms with Crippen molar-refractivity contribution in [2.45, 2.75) is 25.7 Å². The predicted molar refractivity (Wildman–Crippen MR) is 78.2 cm³/mol. The molecule has 4 rings (SSSR count). The van der Waals surface area contributed by atoms with Gasteiger partial charge in [0, 0.05) is 13.0 Å². The third kappa shape index (κ3) is 2.18. The quantitative estimate of drug-likeness (QED) is 0.745. The van der Waals surface area contributed by atoms with Gasteiger partial charge in [-0.2, -0.15) is 0 Å². The topological polar surface area (TPSA) is 51.1 Å². The Morgan fingerprint density at radius 3 is 3.00 bits per heavy atom. The number of benzene rings is 1. The largest absolute Gasteiger partial charge is 0.454 e. The van der Waals surface area contributed by atoms with E-state index in [4.69, 9.17) is 9.47 Å². The maximum absolute atomic E-state index is 12.4. The highest BCUT2D eigenvalue weighted by molar-refractivity contribution is 6.14. The molecule has 1 saturated heterocycles. The van der Waals surface area contributed by atoms with Gasteiger partial charge in [0.2, 0.25) is 6.79 Å². The summed E-state index contributed by atoms with van der Waals surface area (Å²) >= 11 is 0. The smallest absolute Gasteiger partial charge is 0.277 e. The van der Waals surface area contributed by atoms with Crippen LogP contribution >= 0.6 is 0 Å². The van der Waals surface area contributed by atoms with E-state index >= 15 is 0 Å². The maximum Gasteiger partial charge on any atom is 0.277 e. The molecule has 1 aromatic rings. The Morgan fingerprint density at radius 2 is 2.05 bits per heavy atom. The Balaban J connectivity index is 1.65. The Bertz CT molecular complexity index is 663. The first-order valence-electron chi connectivity index (χ1n) is 7.32. The normalized spacial score (nSPS) is 22.3. The van der Waals surface area contributed by atoms with Gasteiger partial charge in [0.15, 0.2) is 11.5 Å². The van der Waals surface area contributed by atoms with Gasteiger partial charge in [0.05, 0.1) is 0 Å². The second-order valence-corrected chi connectivity index (χ2v) is 5.44. The van der Waals surface area contributed by atoms with Gasteiger partial charge in [0.25, 0.3) is 5.91 Å². The van der Waals surface area contributed by atoms with E-state index in [0.29, 0.717) is 5.70 Å². The highest BCUT2D eigenvalue weighted by Crippen LogP contribution is 2.33. The van der Waals surface area contributed by atoms with Crippen LogP contribution in [0.1, 0.15) is 31.2 Å². The van der Waals surface area contributed by atoms with Crippen molar-refractivity contribution in [1.82, 2.24) is 4.90 Å². The van der Waals surface area contributed by atoms with Crippen LogP contribution in [0.5, 0.6) is 11.5 Å². The first kappa shape index (κ1) is 12.4. The van der Waals surface area contributed by atoms with Crippen molar-refractivity contribution in [1.29, 1.82) is 0 Å². The molecule has 108 valence electrons. The van der Waals surface area contributed by atoms with Crippen molar-refractivity contribution < 1.29 is 14.3 Å². The third-order valence-corrected chi connectivity index (χ3v) is 4.01. The number of carbonyl (C=O) groups is 1. The molecule has 0 bridgehead atoms. The second kappa shape index (κ2) is 4.91. The minimum absolute atomic E-state index is 0.0181. The van der Waals surface area contributed by atoms with Gasteiger partial charge in [-0.15, -0.1) is 0 Å². The van der Waals surface area contributed by atoms with E-state index in [9.17, 15) is 4.79 Å². The Hall–Kier alpha value is -2.30. The van der Waals surface area contributed by atoms with Gasteiger partial charge in [-0.3, -0.25) is 9.69 Å². The van der Waals surface area contributed by atoms with Crippen LogP contribution in [0, 0.1) is 0 Å². The minimum atomic E-state index is 0.0181. The highest BCUT2D eigenvalue weighted by Gasteiger charge is 2.30. The van der Waals surface area contributed by atoms with Gasteiger partial charge in [-0.05, 0) is 36.6 Å². The van der Waals surface area contributed by atoms with Gasteiger partial charge in [-0.1, -0.05) is 12.5 Å². The molecule has 0 aliphatic carbocycles. The van der Waals surface area contributed by atoms with Crippen molar-refractivity contribution >= 4 is 17.8 Å². The summed E-state index contributed by atoms with van der Waals surface area (Å²) in [6.45, 7) is 1.04. The summed E-state index contributed by atoms with van der Waals surface area (Å²) in [7, 11) is 0. The number of hydrogen-bond acceptors (Lipinski definition) is 4. The molecule has 0 N–H and O–H groups in total. The van der Waals surface area contributed by atoms with Crippen LogP contribution in [-0.4, -0.2) is 30.0 Å². The van der Waals surface area contributed by atoms with Crippen LogP contribution in [0.15, 0.2) is 28.9 Å². The van der Waals surface area contributed by atoms with Crippen LogP contribution in [-0.2, 0) is 4.79 Å². The zero-order valence-electron chi connectivity index (χ0n) is 11.7. The summed E-state index contributed by atoms with van der Waals surface area (Å²) in [6, 6.07) is 5.66. The number of carbonyl (C=O) groups excluding carboxylic acids is 1. The van der Waals surface area contributed by atoms with Crippen LogP contribution in [0.2, 0.25) is 0 Å². The van der Waals surface area contributed by atoms with Crippen molar-refractivity contribution in [3.8, 4) is 11.5 Å². The number of ether oxygens (including phenoxy) is 2. The summed E-state index contributed by atoms with van der Waals surface area (Å²) in [6.07, 6.45) is 6.06. The lowest BCUT2D eigenvalue weighted by Gasteiger charge is -2.14. The molecule has 0 unspecified atom stereocenters. The molecule has 5 heteroatoms. The zero-order chi connectivity index (χ0) is 14.2. The lowest BCUT2D eigenvalue weighted by atomic mass is 10.1. The number of fused-ring (bicyclic) bond motifs is 2. The molecule has 5 nitrogen and oxygen atoms in total. The lowest BCUT2D eigenvalue weighted by Crippen LogP contribution is -2.31. The number of nitrogens with zero attached hydrogens (tertiary/aromatic N) is 2. The standard InChI is InChI=1S/C16H16N2O3/c19-16-12(17-15-4-2-1-3-7-18(15)16)8-11-5-6-13-14(9-11)21-10-20-13/h5-6,8-9H,1-4,7,10H2. The molecule has 0 aromatic heterocycles. The molecule has 0 saturated carbocycles. The van der Waals surface area contributed by atoms with E-state index < -0.39 is 0 Å². The maximum atomic E-state index is 12.4. The Morgan fingerprint density at radius 1 is 1.14 bits per heavy atom. The molecule has 0 radical (unpaired) electrons. The molecular weight excluding hydrogens is 268 g/mol. The zero-order valence-corrected chi connectivity index (χ0v) is 11.7. The van der Waals surface area contributed by atoms with Crippen LogP contribution < -0.4 is 9.47 Å². The summed E-state index contributed by atoms with van der Waals surface area (Å²) in [4.78, 5) is 18.8. The predicted octanol–water partition coefficient (Wildman–Crippen LogP) is 2.57. The van der Waals surface area contributed by atoms with E-state index in [0.717, 1.165) is 48.7 Å². The first-order chi connectivity index (χ1) is 10.3. The highest BCUT2D eigenvalue weighted by atomic mass is 16.7. The van der Waals surface area contributed by atoms with Crippen molar-refractivity contribution in [3.05, 3.63) is 29.5 Å². The van der Waals surface area contributed by atoms with Crippen molar-refractivity contribution in [2.24, 2.45) is 4.99 Å². The molecular formula is C16H16N2O3. The van der Waals surface area contributed by atoms with Gasteiger partial charge >= 0.3 is 0 Å². The summed E-state index contributed by atoms with van der Waals surface area (Å²) in [5, 5.41) is 0. The molecule has 1 aromatic carbocycles. The average Bonchev–Trinajstić information content (AvgIpc) is 2.97. The minimum Gasteiger partial charge on any atom is -0.454 e. The average molecular weight is 284 g/mol.